The predicted octanol–water partition coefficient (Wildman–Crippen LogP) is 3.39. The van der Waals surface area contributed by atoms with Crippen molar-refractivity contribution in [1.29, 1.82) is 0 Å². The van der Waals surface area contributed by atoms with Crippen molar-refractivity contribution >= 4 is 5.91 Å². The molecule has 0 saturated heterocycles. The summed E-state index contributed by atoms with van der Waals surface area (Å²) in [7, 11) is 0. The lowest BCUT2D eigenvalue weighted by molar-refractivity contribution is -0.159. The number of benzene rings is 1. The Kier molecular flexibility index (Phi) is 5.02. The van der Waals surface area contributed by atoms with E-state index in [2.05, 4.69) is 20.0 Å². The van der Waals surface area contributed by atoms with Gasteiger partial charge in [-0.3, -0.25) is 4.79 Å². The molecule has 0 bridgehead atoms. The molecule has 0 spiro atoms. The normalized spacial score (nSPS) is 12.9. The molecule has 0 aliphatic rings. The summed E-state index contributed by atoms with van der Waals surface area (Å²) in [6.07, 6.45) is -4.23. The highest BCUT2D eigenvalue weighted by atomic mass is 19.4. The van der Waals surface area contributed by atoms with Gasteiger partial charge in [0.05, 0.1) is 0 Å². The van der Waals surface area contributed by atoms with Gasteiger partial charge in [-0.05, 0) is 11.5 Å². The highest BCUT2D eigenvalue weighted by Crippen LogP contribution is 2.29. The van der Waals surface area contributed by atoms with E-state index in [0.717, 1.165) is 5.56 Å². The number of hydrogen-bond donors (Lipinski definition) is 1. The van der Waals surface area contributed by atoms with Crippen LogP contribution in [0.5, 0.6) is 0 Å². The highest BCUT2D eigenvalue weighted by Gasteiger charge is 2.38. The molecule has 2 aromatic rings. The van der Waals surface area contributed by atoms with Gasteiger partial charge in [0.15, 0.2) is 0 Å². The van der Waals surface area contributed by atoms with Crippen LogP contribution in [0.3, 0.4) is 0 Å². The predicted molar refractivity (Wildman–Crippen MR) is 76.5 cm³/mol. The Morgan fingerprint density at radius 3 is 2.48 bits per heavy atom. The number of aromatic nitrogens is 2. The van der Waals surface area contributed by atoms with E-state index in [1.165, 1.54) is 0 Å². The monoisotopic (exact) mass is 327 g/mol. The molecule has 0 aliphatic heterocycles. The Morgan fingerprint density at radius 1 is 1.30 bits per heavy atom. The van der Waals surface area contributed by atoms with Crippen LogP contribution in [0.25, 0.3) is 11.4 Å². The molecule has 0 radical (unpaired) electrons. The molecule has 1 unspecified atom stereocenters. The number of rotatable bonds is 5. The Bertz CT molecular complexity index is 665. The minimum atomic E-state index is -4.66. The van der Waals surface area contributed by atoms with Crippen LogP contribution >= 0.6 is 0 Å². The first-order chi connectivity index (χ1) is 10.8. The largest absolute Gasteiger partial charge is 0.471 e. The molecule has 124 valence electrons. The quantitative estimate of drug-likeness (QED) is 0.914. The minimum absolute atomic E-state index is 0.0278. The molecule has 1 aromatic heterocycles. The molecule has 1 atom stereocenters. The maximum Gasteiger partial charge on any atom is 0.471 e. The average Bonchev–Trinajstić information content (AvgIpc) is 3.02. The van der Waals surface area contributed by atoms with Gasteiger partial charge in [-0.2, -0.15) is 18.2 Å². The summed E-state index contributed by atoms with van der Waals surface area (Å²) in [6, 6.07) is 6.78. The van der Waals surface area contributed by atoms with Gasteiger partial charge in [0.2, 0.25) is 11.7 Å². The second kappa shape index (κ2) is 6.80. The third kappa shape index (κ3) is 4.30. The van der Waals surface area contributed by atoms with Crippen molar-refractivity contribution in [3.8, 4) is 11.4 Å². The number of amides is 1. The number of nitrogens with zero attached hydrogens (tertiary/aromatic N) is 2. The Hall–Kier alpha value is -2.38. The van der Waals surface area contributed by atoms with Crippen molar-refractivity contribution in [3.05, 3.63) is 35.7 Å². The number of carbonyl (C=O) groups excluding carboxylic acids is 1. The average molecular weight is 327 g/mol. The fourth-order valence-electron chi connectivity index (χ4n) is 1.93. The first-order valence-corrected chi connectivity index (χ1v) is 7.09. The Labute approximate surface area is 130 Å². The summed E-state index contributed by atoms with van der Waals surface area (Å²) in [4.78, 5) is 14.6. The zero-order valence-electron chi connectivity index (χ0n) is 12.6. The van der Waals surface area contributed by atoms with Crippen LogP contribution in [0.4, 0.5) is 13.2 Å². The molecule has 2 rings (SSSR count). The molecular weight excluding hydrogens is 311 g/mol. The smallest absolute Gasteiger partial charge is 0.356 e. The van der Waals surface area contributed by atoms with E-state index in [-0.39, 0.29) is 17.6 Å². The lowest BCUT2D eigenvalue weighted by Crippen LogP contribution is -2.26. The number of alkyl halides is 3. The summed E-state index contributed by atoms with van der Waals surface area (Å²) in [5.41, 5.74) is 1.38. The standard InChI is InChI=1S/C15H16F3N3O2/c1-3-12(22)19-8-9(2)10-4-6-11(7-5-10)13-20-14(23-21-13)15(16,17)18/h4-7,9H,3,8H2,1-2H3,(H,19,22). The number of hydrogen-bond acceptors (Lipinski definition) is 4. The molecule has 5 nitrogen and oxygen atoms in total. The van der Waals surface area contributed by atoms with Crippen molar-refractivity contribution in [2.24, 2.45) is 0 Å². The van der Waals surface area contributed by atoms with Gasteiger partial charge < -0.3 is 9.84 Å². The van der Waals surface area contributed by atoms with Crippen molar-refractivity contribution < 1.29 is 22.5 Å². The second-order valence-corrected chi connectivity index (χ2v) is 5.10. The van der Waals surface area contributed by atoms with Gasteiger partial charge in [-0.1, -0.05) is 43.3 Å². The maximum atomic E-state index is 12.4. The molecule has 0 aliphatic carbocycles. The molecule has 1 amide bonds. The molecule has 1 aromatic carbocycles. The van der Waals surface area contributed by atoms with Crippen LogP contribution in [-0.2, 0) is 11.0 Å². The summed E-state index contributed by atoms with van der Waals surface area (Å²) in [5.74, 6) is -1.43. The minimum Gasteiger partial charge on any atom is -0.356 e. The number of halogens is 3. The van der Waals surface area contributed by atoms with E-state index in [4.69, 9.17) is 0 Å². The van der Waals surface area contributed by atoms with Crippen molar-refractivity contribution in [3.63, 3.8) is 0 Å². The van der Waals surface area contributed by atoms with E-state index in [1.807, 2.05) is 6.92 Å². The van der Waals surface area contributed by atoms with Crippen LogP contribution in [0.1, 0.15) is 37.6 Å². The lowest BCUT2D eigenvalue weighted by atomic mass is 9.99. The van der Waals surface area contributed by atoms with Crippen LogP contribution in [-0.4, -0.2) is 22.6 Å². The maximum absolute atomic E-state index is 12.4. The molecule has 1 heterocycles. The van der Waals surface area contributed by atoms with Gasteiger partial charge in [0.25, 0.3) is 0 Å². The molecule has 0 fully saturated rings. The molecular formula is C15H16F3N3O2. The summed E-state index contributed by atoms with van der Waals surface area (Å²) in [5, 5.41) is 6.13. The van der Waals surface area contributed by atoms with Gasteiger partial charge in [-0.25, -0.2) is 0 Å². The van der Waals surface area contributed by atoms with Crippen LogP contribution < -0.4 is 5.32 Å². The summed E-state index contributed by atoms with van der Waals surface area (Å²) >= 11 is 0. The first kappa shape index (κ1) is 17.0. The van der Waals surface area contributed by atoms with Gasteiger partial charge in [0.1, 0.15) is 0 Å². The zero-order valence-corrected chi connectivity index (χ0v) is 12.6. The van der Waals surface area contributed by atoms with E-state index >= 15 is 0 Å². The van der Waals surface area contributed by atoms with Crippen LogP contribution in [0.2, 0.25) is 0 Å². The Morgan fingerprint density at radius 2 is 1.96 bits per heavy atom. The molecule has 8 heteroatoms. The van der Waals surface area contributed by atoms with Crippen molar-refractivity contribution in [2.45, 2.75) is 32.4 Å². The summed E-state index contributed by atoms with van der Waals surface area (Å²) < 4.78 is 41.5. The molecule has 0 saturated carbocycles. The molecule has 23 heavy (non-hydrogen) atoms. The molecule has 1 N–H and O–H groups in total. The van der Waals surface area contributed by atoms with Gasteiger partial charge in [-0.15, -0.1) is 0 Å². The van der Waals surface area contributed by atoms with Gasteiger partial charge in [0, 0.05) is 18.5 Å². The third-order valence-corrected chi connectivity index (χ3v) is 3.33. The highest BCUT2D eigenvalue weighted by molar-refractivity contribution is 5.75. The van der Waals surface area contributed by atoms with E-state index in [1.54, 1.807) is 31.2 Å². The lowest BCUT2D eigenvalue weighted by Gasteiger charge is -2.13. The van der Waals surface area contributed by atoms with Gasteiger partial charge >= 0.3 is 12.1 Å². The van der Waals surface area contributed by atoms with E-state index in [0.29, 0.717) is 18.5 Å². The number of nitrogens with one attached hydrogen (secondary N) is 1. The number of carbonyl (C=O) groups is 1. The summed E-state index contributed by atoms with van der Waals surface area (Å²) in [6.45, 7) is 4.21. The second-order valence-electron chi connectivity index (χ2n) is 5.10. The van der Waals surface area contributed by atoms with Crippen molar-refractivity contribution in [1.82, 2.24) is 15.5 Å². The van der Waals surface area contributed by atoms with E-state index < -0.39 is 12.1 Å². The Balaban J connectivity index is 2.07. The fraction of sp³-hybridized carbons (Fsp3) is 0.400. The zero-order chi connectivity index (χ0) is 17.0. The van der Waals surface area contributed by atoms with Crippen LogP contribution in [0, 0.1) is 0 Å². The first-order valence-electron chi connectivity index (χ1n) is 7.09. The fourth-order valence-corrected chi connectivity index (χ4v) is 1.93. The SMILES string of the molecule is CCC(=O)NCC(C)c1ccc(-c2noc(C(F)(F)F)n2)cc1. The van der Waals surface area contributed by atoms with E-state index in [9.17, 15) is 18.0 Å². The third-order valence-electron chi connectivity index (χ3n) is 3.33. The topological polar surface area (TPSA) is 68.0 Å². The van der Waals surface area contributed by atoms with Crippen LogP contribution in [0.15, 0.2) is 28.8 Å². The van der Waals surface area contributed by atoms with Crippen molar-refractivity contribution in [2.75, 3.05) is 6.54 Å².